The predicted molar refractivity (Wildman–Crippen MR) is 111 cm³/mol. The molecule has 7 heteroatoms. The van der Waals surface area contributed by atoms with Crippen LogP contribution in [0.15, 0.2) is 24.4 Å². The van der Waals surface area contributed by atoms with Crippen LogP contribution in [0.5, 0.6) is 0 Å². The number of carbonyl (C=O) groups excluding carboxylic acids is 1. The van der Waals surface area contributed by atoms with Crippen LogP contribution in [0.2, 0.25) is 0 Å². The quantitative estimate of drug-likeness (QED) is 0.813. The highest BCUT2D eigenvalue weighted by Crippen LogP contribution is 2.43. The van der Waals surface area contributed by atoms with Gasteiger partial charge in [0.25, 0.3) is 0 Å². The third-order valence-electron chi connectivity index (χ3n) is 6.79. The van der Waals surface area contributed by atoms with Crippen molar-refractivity contribution < 1.29 is 9.90 Å². The van der Waals surface area contributed by atoms with Gasteiger partial charge in [0.1, 0.15) is 5.69 Å². The maximum absolute atomic E-state index is 12.9. The summed E-state index contributed by atoms with van der Waals surface area (Å²) in [5, 5.41) is 20.5. The number of carbonyl (C=O) groups is 1. The number of aliphatic hydroxyl groups is 1. The number of hydrogen-bond acceptors (Lipinski definition) is 4. The van der Waals surface area contributed by atoms with Gasteiger partial charge in [-0.05, 0) is 56.2 Å². The van der Waals surface area contributed by atoms with E-state index in [-0.39, 0.29) is 24.1 Å². The molecule has 4 rings (SSSR count). The van der Waals surface area contributed by atoms with E-state index in [0.717, 1.165) is 32.2 Å². The van der Waals surface area contributed by atoms with Crippen LogP contribution in [0.25, 0.3) is 0 Å². The minimum atomic E-state index is -0.114. The molecule has 0 radical (unpaired) electrons. The molecule has 1 unspecified atom stereocenters. The molecule has 0 spiro atoms. The fourth-order valence-electron chi connectivity index (χ4n) is 4.52. The monoisotopic (exact) mass is 397 g/mol. The lowest BCUT2D eigenvalue weighted by atomic mass is 9.64. The molecule has 1 saturated carbocycles. The van der Waals surface area contributed by atoms with Crippen molar-refractivity contribution in [2.24, 2.45) is 0 Å². The third-order valence-corrected chi connectivity index (χ3v) is 6.79. The standard InChI is InChI=1S/C22H31N5O2/c1-16-6-7-18(11-17(16)2)22(8-4-9-22)15-23-21(29)26-10-3-5-20(13-26)27-12-19(14-28)24-25-27/h6-7,11-12,20,28H,3-5,8-10,13-15H2,1-2H3,(H,23,29). The first-order valence-corrected chi connectivity index (χ1v) is 10.6. The number of aryl methyl sites for hydroxylation is 2. The SMILES string of the molecule is Cc1ccc(C2(CNC(=O)N3CCCC(n4cc(CO)nn4)C3)CCC2)cc1C. The van der Waals surface area contributed by atoms with Crippen LogP contribution in [0.3, 0.4) is 0 Å². The minimum Gasteiger partial charge on any atom is -0.390 e. The lowest BCUT2D eigenvalue weighted by molar-refractivity contribution is 0.154. The molecule has 1 aliphatic carbocycles. The number of amides is 2. The average Bonchev–Trinajstić information content (AvgIpc) is 3.19. The van der Waals surface area contributed by atoms with Crippen LogP contribution in [0.4, 0.5) is 4.79 Å². The molecule has 7 nitrogen and oxygen atoms in total. The van der Waals surface area contributed by atoms with Crippen molar-refractivity contribution in [1.29, 1.82) is 0 Å². The summed E-state index contributed by atoms with van der Waals surface area (Å²) in [6.45, 7) is 6.26. The molecule has 1 saturated heterocycles. The first-order chi connectivity index (χ1) is 14.0. The Kier molecular flexibility index (Phi) is 5.58. The fourth-order valence-corrected chi connectivity index (χ4v) is 4.52. The van der Waals surface area contributed by atoms with Crippen LogP contribution >= 0.6 is 0 Å². The van der Waals surface area contributed by atoms with E-state index in [1.54, 1.807) is 10.9 Å². The van der Waals surface area contributed by atoms with Gasteiger partial charge in [-0.15, -0.1) is 5.10 Å². The molecule has 2 aromatic rings. The third kappa shape index (κ3) is 4.01. The van der Waals surface area contributed by atoms with Crippen LogP contribution in [-0.4, -0.2) is 50.7 Å². The Morgan fingerprint density at radius 1 is 1.28 bits per heavy atom. The molecule has 1 aromatic heterocycles. The van der Waals surface area contributed by atoms with Crippen LogP contribution < -0.4 is 5.32 Å². The second-order valence-electron chi connectivity index (χ2n) is 8.68. The molecule has 156 valence electrons. The van der Waals surface area contributed by atoms with Gasteiger partial charge in [0, 0.05) is 25.0 Å². The molecule has 0 bridgehead atoms. The first-order valence-electron chi connectivity index (χ1n) is 10.6. The number of rotatable bonds is 5. The summed E-state index contributed by atoms with van der Waals surface area (Å²) in [5.74, 6) is 0. The molecular formula is C22H31N5O2. The van der Waals surface area contributed by atoms with Gasteiger partial charge in [-0.2, -0.15) is 0 Å². The highest BCUT2D eigenvalue weighted by atomic mass is 16.3. The summed E-state index contributed by atoms with van der Waals surface area (Å²) in [5.41, 5.74) is 4.61. The summed E-state index contributed by atoms with van der Waals surface area (Å²) in [4.78, 5) is 14.8. The van der Waals surface area contributed by atoms with Crippen molar-refractivity contribution in [3.63, 3.8) is 0 Å². The minimum absolute atomic E-state index is 0.00676. The van der Waals surface area contributed by atoms with E-state index in [2.05, 4.69) is 47.7 Å². The van der Waals surface area contributed by atoms with E-state index in [9.17, 15) is 9.90 Å². The Labute approximate surface area is 172 Å². The van der Waals surface area contributed by atoms with E-state index in [1.165, 1.54) is 23.1 Å². The zero-order valence-electron chi connectivity index (χ0n) is 17.4. The topological polar surface area (TPSA) is 83.3 Å². The maximum atomic E-state index is 12.9. The summed E-state index contributed by atoms with van der Waals surface area (Å²) >= 11 is 0. The normalized spacial score (nSPS) is 20.9. The number of piperidine rings is 1. The van der Waals surface area contributed by atoms with E-state index < -0.39 is 0 Å². The highest BCUT2D eigenvalue weighted by Gasteiger charge is 2.39. The van der Waals surface area contributed by atoms with E-state index in [4.69, 9.17) is 0 Å². The van der Waals surface area contributed by atoms with Gasteiger partial charge in [-0.3, -0.25) is 0 Å². The summed E-state index contributed by atoms with van der Waals surface area (Å²) < 4.78 is 1.79. The summed E-state index contributed by atoms with van der Waals surface area (Å²) in [7, 11) is 0. The number of aromatic nitrogens is 3. The molecule has 1 atom stereocenters. The molecular weight excluding hydrogens is 366 g/mol. The molecule has 2 amide bonds. The molecule has 29 heavy (non-hydrogen) atoms. The number of hydrogen-bond donors (Lipinski definition) is 2. The van der Waals surface area contributed by atoms with Gasteiger partial charge in [0.05, 0.1) is 18.8 Å². The largest absolute Gasteiger partial charge is 0.390 e. The Bertz CT molecular complexity index is 874. The van der Waals surface area contributed by atoms with Gasteiger partial charge in [0.15, 0.2) is 0 Å². The molecule has 2 aliphatic rings. The number of aliphatic hydroxyl groups excluding tert-OH is 1. The molecule has 1 aliphatic heterocycles. The lowest BCUT2D eigenvalue weighted by Gasteiger charge is -2.43. The number of nitrogens with zero attached hydrogens (tertiary/aromatic N) is 4. The second kappa shape index (κ2) is 8.14. The zero-order valence-corrected chi connectivity index (χ0v) is 17.4. The van der Waals surface area contributed by atoms with Crippen molar-refractivity contribution in [1.82, 2.24) is 25.2 Å². The van der Waals surface area contributed by atoms with Gasteiger partial charge < -0.3 is 15.3 Å². The number of nitrogens with one attached hydrogen (secondary N) is 1. The fraction of sp³-hybridized carbons (Fsp3) is 0.591. The van der Waals surface area contributed by atoms with Crippen LogP contribution in [-0.2, 0) is 12.0 Å². The predicted octanol–water partition coefficient (Wildman–Crippen LogP) is 2.86. The van der Waals surface area contributed by atoms with Gasteiger partial charge in [-0.1, -0.05) is 29.8 Å². The average molecular weight is 398 g/mol. The first kappa shape index (κ1) is 19.9. The Morgan fingerprint density at radius 3 is 2.76 bits per heavy atom. The molecule has 2 heterocycles. The Balaban J connectivity index is 1.38. The Hall–Kier alpha value is -2.41. The zero-order chi connectivity index (χ0) is 20.4. The van der Waals surface area contributed by atoms with Crippen LogP contribution in [0, 0.1) is 13.8 Å². The Morgan fingerprint density at radius 2 is 2.10 bits per heavy atom. The van der Waals surface area contributed by atoms with Gasteiger partial charge >= 0.3 is 6.03 Å². The van der Waals surface area contributed by atoms with Crippen molar-refractivity contribution in [3.05, 3.63) is 46.8 Å². The number of benzene rings is 1. The van der Waals surface area contributed by atoms with E-state index >= 15 is 0 Å². The van der Waals surface area contributed by atoms with Crippen molar-refractivity contribution >= 4 is 6.03 Å². The summed E-state index contributed by atoms with van der Waals surface area (Å²) in [6.07, 6.45) is 7.14. The van der Waals surface area contributed by atoms with Crippen molar-refractivity contribution in [2.45, 2.75) is 64.0 Å². The molecule has 2 fully saturated rings. The van der Waals surface area contributed by atoms with Crippen molar-refractivity contribution in [3.8, 4) is 0 Å². The highest BCUT2D eigenvalue weighted by molar-refractivity contribution is 5.74. The lowest BCUT2D eigenvalue weighted by Crippen LogP contribution is -2.51. The van der Waals surface area contributed by atoms with Gasteiger partial charge in [0.2, 0.25) is 0 Å². The number of likely N-dealkylation sites (tertiary alicyclic amines) is 1. The van der Waals surface area contributed by atoms with Crippen LogP contribution in [0.1, 0.15) is 60.5 Å². The smallest absolute Gasteiger partial charge is 0.317 e. The molecule has 2 N–H and O–H groups in total. The summed E-state index contributed by atoms with van der Waals surface area (Å²) in [6, 6.07) is 6.84. The van der Waals surface area contributed by atoms with E-state index in [0.29, 0.717) is 18.8 Å². The van der Waals surface area contributed by atoms with E-state index in [1.807, 2.05) is 4.90 Å². The maximum Gasteiger partial charge on any atom is 0.317 e. The molecule has 1 aromatic carbocycles. The number of urea groups is 1. The van der Waals surface area contributed by atoms with Crippen molar-refractivity contribution in [2.75, 3.05) is 19.6 Å². The van der Waals surface area contributed by atoms with Gasteiger partial charge in [-0.25, -0.2) is 9.48 Å². The second-order valence-corrected chi connectivity index (χ2v) is 8.68.